The summed E-state index contributed by atoms with van der Waals surface area (Å²) in [6.45, 7) is 7.89. The SMILES string of the molecule is COc1cc(C(C)C)c(OC)c2c1[C@@]1(C)CCC(OS(=O)(=O)C(F)(F)F)=C(C)[C@@H]1CC2. The van der Waals surface area contributed by atoms with Crippen LogP contribution in [0.4, 0.5) is 13.2 Å². The monoisotopic (exact) mass is 462 g/mol. The number of ether oxygens (including phenoxy) is 2. The molecule has 0 saturated carbocycles. The van der Waals surface area contributed by atoms with Crippen molar-refractivity contribution in [3.05, 3.63) is 34.1 Å². The normalized spacial score (nSPS) is 24.0. The van der Waals surface area contributed by atoms with Crippen LogP contribution in [0.3, 0.4) is 0 Å². The summed E-state index contributed by atoms with van der Waals surface area (Å²) in [5.74, 6) is 1.50. The van der Waals surface area contributed by atoms with Gasteiger partial charge in [0.25, 0.3) is 0 Å². The quantitative estimate of drug-likeness (QED) is 0.422. The second-order valence-electron chi connectivity index (χ2n) is 8.81. The molecular formula is C22H29F3O5S. The van der Waals surface area contributed by atoms with Crippen LogP contribution in [0.5, 0.6) is 11.5 Å². The largest absolute Gasteiger partial charge is 0.534 e. The first kappa shape index (κ1) is 23.8. The molecule has 0 unspecified atom stereocenters. The standard InChI is InChI=1S/C22H29F3O5S/c1-12(2)15-11-18(28-5)19-14(20(15)29-6)7-8-16-13(3)17(9-10-21(16,19)4)30-31(26,27)22(23,24)25/h11-12,16H,7-10H2,1-6H3/t16-,21-/m0/s1. The Bertz CT molecular complexity index is 1010. The van der Waals surface area contributed by atoms with Gasteiger partial charge in [0.05, 0.1) is 14.2 Å². The van der Waals surface area contributed by atoms with Crippen molar-refractivity contribution < 1.29 is 35.2 Å². The van der Waals surface area contributed by atoms with Crippen molar-refractivity contribution in [2.75, 3.05) is 14.2 Å². The molecule has 2 aliphatic carbocycles. The number of hydrogen-bond acceptors (Lipinski definition) is 5. The number of rotatable bonds is 5. The van der Waals surface area contributed by atoms with Gasteiger partial charge in [0.2, 0.25) is 0 Å². The summed E-state index contributed by atoms with van der Waals surface area (Å²) in [5.41, 5.74) is -2.26. The van der Waals surface area contributed by atoms with Gasteiger partial charge in [-0.25, -0.2) is 0 Å². The molecule has 0 radical (unpaired) electrons. The fourth-order valence-corrected chi connectivity index (χ4v) is 5.81. The zero-order valence-electron chi connectivity index (χ0n) is 18.6. The lowest BCUT2D eigenvalue weighted by molar-refractivity contribution is -0.0526. The maximum Gasteiger partial charge on any atom is 0.534 e. The third-order valence-electron chi connectivity index (χ3n) is 6.77. The summed E-state index contributed by atoms with van der Waals surface area (Å²) in [5, 5.41) is 0. The Balaban J connectivity index is 2.13. The van der Waals surface area contributed by atoms with E-state index in [0.717, 1.165) is 28.2 Å². The van der Waals surface area contributed by atoms with Crippen LogP contribution in [0.15, 0.2) is 17.4 Å². The van der Waals surface area contributed by atoms with Crippen molar-refractivity contribution in [1.29, 1.82) is 0 Å². The van der Waals surface area contributed by atoms with Gasteiger partial charge in [0.1, 0.15) is 17.3 Å². The summed E-state index contributed by atoms with van der Waals surface area (Å²) in [7, 11) is -2.44. The minimum Gasteiger partial charge on any atom is -0.496 e. The average Bonchev–Trinajstić information content (AvgIpc) is 2.67. The highest BCUT2D eigenvalue weighted by Gasteiger charge is 2.52. The van der Waals surface area contributed by atoms with E-state index in [1.165, 1.54) is 0 Å². The summed E-state index contributed by atoms with van der Waals surface area (Å²) in [4.78, 5) is 0. The van der Waals surface area contributed by atoms with Crippen molar-refractivity contribution >= 4 is 10.1 Å². The zero-order chi connectivity index (χ0) is 23.4. The Labute approximate surface area is 181 Å². The van der Waals surface area contributed by atoms with Gasteiger partial charge in [-0.3, -0.25) is 0 Å². The molecular weight excluding hydrogens is 433 g/mol. The van der Waals surface area contributed by atoms with Crippen LogP contribution in [-0.2, 0) is 26.1 Å². The molecule has 0 amide bonds. The Morgan fingerprint density at radius 1 is 1.16 bits per heavy atom. The molecule has 2 aliphatic rings. The Morgan fingerprint density at radius 2 is 1.81 bits per heavy atom. The molecule has 1 aromatic rings. The van der Waals surface area contributed by atoms with Gasteiger partial charge >= 0.3 is 15.6 Å². The van der Waals surface area contributed by atoms with Gasteiger partial charge in [-0.1, -0.05) is 20.8 Å². The molecule has 0 bridgehead atoms. The highest BCUT2D eigenvalue weighted by atomic mass is 32.2. The molecule has 2 atom stereocenters. The predicted molar refractivity (Wildman–Crippen MR) is 111 cm³/mol. The smallest absolute Gasteiger partial charge is 0.496 e. The van der Waals surface area contributed by atoms with E-state index in [1.54, 1.807) is 21.1 Å². The molecule has 0 fully saturated rings. The first-order valence-corrected chi connectivity index (χ1v) is 11.7. The van der Waals surface area contributed by atoms with Gasteiger partial charge in [0, 0.05) is 28.5 Å². The van der Waals surface area contributed by atoms with Crippen LogP contribution >= 0.6 is 0 Å². The highest BCUT2D eigenvalue weighted by molar-refractivity contribution is 7.87. The summed E-state index contributed by atoms with van der Waals surface area (Å²) < 4.78 is 77.8. The van der Waals surface area contributed by atoms with Crippen molar-refractivity contribution in [2.24, 2.45) is 5.92 Å². The second kappa shape index (κ2) is 7.90. The molecule has 3 rings (SSSR count). The van der Waals surface area contributed by atoms with E-state index in [2.05, 4.69) is 25.0 Å². The zero-order valence-corrected chi connectivity index (χ0v) is 19.5. The number of halogens is 3. The Hall–Kier alpha value is -1.90. The van der Waals surface area contributed by atoms with Crippen molar-refractivity contribution in [2.45, 2.75) is 70.2 Å². The predicted octanol–water partition coefficient (Wildman–Crippen LogP) is 5.58. The second-order valence-corrected chi connectivity index (χ2v) is 10.3. The minimum atomic E-state index is -5.69. The fraction of sp³-hybridized carbons (Fsp3) is 0.636. The lowest BCUT2D eigenvalue weighted by Crippen LogP contribution is -2.41. The van der Waals surface area contributed by atoms with E-state index in [1.807, 2.05) is 6.07 Å². The molecule has 5 nitrogen and oxygen atoms in total. The lowest BCUT2D eigenvalue weighted by atomic mass is 9.57. The van der Waals surface area contributed by atoms with E-state index in [9.17, 15) is 21.6 Å². The van der Waals surface area contributed by atoms with Crippen LogP contribution in [0.1, 0.15) is 69.6 Å². The number of benzene rings is 1. The summed E-state index contributed by atoms with van der Waals surface area (Å²) in [6, 6.07) is 1.98. The molecule has 174 valence electrons. The van der Waals surface area contributed by atoms with Crippen LogP contribution in [0, 0.1) is 5.92 Å². The van der Waals surface area contributed by atoms with Crippen LogP contribution in [-0.4, -0.2) is 28.1 Å². The van der Waals surface area contributed by atoms with E-state index in [-0.39, 0.29) is 24.0 Å². The third-order valence-corrected chi connectivity index (χ3v) is 7.76. The van der Waals surface area contributed by atoms with Crippen LogP contribution in [0.2, 0.25) is 0 Å². The Kier molecular flexibility index (Phi) is 6.06. The van der Waals surface area contributed by atoms with Crippen LogP contribution in [0.25, 0.3) is 0 Å². The highest BCUT2D eigenvalue weighted by Crippen LogP contribution is 2.57. The molecule has 31 heavy (non-hydrogen) atoms. The van der Waals surface area contributed by atoms with Crippen molar-refractivity contribution in [3.63, 3.8) is 0 Å². The van der Waals surface area contributed by atoms with E-state index >= 15 is 0 Å². The molecule has 9 heteroatoms. The number of fused-ring (bicyclic) bond motifs is 3. The van der Waals surface area contributed by atoms with Gasteiger partial charge in [-0.15, -0.1) is 0 Å². The maximum absolute atomic E-state index is 12.8. The molecule has 0 saturated heterocycles. The van der Waals surface area contributed by atoms with Crippen LogP contribution < -0.4 is 9.47 Å². The number of allylic oxidation sites excluding steroid dienone is 2. The summed E-state index contributed by atoms with van der Waals surface area (Å²) >= 11 is 0. The molecule has 0 aliphatic heterocycles. The first-order chi connectivity index (χ1) is 14.3. The molecule has 0 heterocycles. The van der Waals surface area contributed by atoms with Gasteiger partial charge < -0.3 is 13.7 Å². The lowest BCUT2D eigenvalue weighted by Gasteiger charge is -2.48. The van der Waals surface area contributed by atoms with Gasteiger partial charge in [-0.05, 0) is 49.7 Å². The van der Waals surface area contributed by atoms with Crippen molar-refractivity contribution in [3.8, 4) is 11.5 Å². The maximum atomic E-state index is 12.8. The van der Waals surface area contributed by atoms with E-state index in [0.29, 0.717) is 24.8 Å². The van der Waals surface area contributed by atoms with E-state index in [4.69, 9.17) is 9.47 Å². The number of methoxy groups -OCH3 is 2. The van der Waals surface area contributed by atoms with Crippen molar-refractivity contribution in [1.82, 2.24) is 0 Å². The molecule has 1 aromatic carbocycles. The summed E-state index contributed by atoms with van der Waals surface area (Å²) in [6.07, 6.45) is 1.82. The number of alkyl halides is 3. The average molecular weight is 463 g/mol. The van der Waals surface area contributed by atoms with E-state index < -0.39 is 21.0 Å². The molecule has 0 spiro atoms. The minimum absolute atomic E-state index is 0.0883. The van der Waals surface area contributed by atoms with Gasteiger partial charge in [0.15, 0.2) is 0 Å². The Morgan fingerprint density at radius 3 is 2.32 bits per heavy atom. The topological polar surface area (TPSA) is 61.8 Å². The fourth-order valence-electron chi connectivity index (χ4n) is 5.24. The number of hydrogen-bond donors (Lipinski definition) is 0. The first-order valence-electron chi connectivity index (χ1n) is 10.3. The molecule has 0 aromatic heterocycles. The molecule has 0 N–H and O–H groups in total. The third kappa shape index (κ3) is 3.79. The van der Waals surface area contributed by atoms with Gasteiger partial charge in [-0.2, -0.15) is 21.6 Å².